The summed E-state index contributed by atoms with van der Waals surface area (Å²) in [7, 11) is 0. The molecule has 0 aliphatic rings. The standard InChI is InChI=1S/C58H34N8S2.C49H29N5S2.2Pt/c1-3-15-37(16-4-1)56-62-57(38-17-5-2-6-18-38)64-58(63-56)66-49-28-27-42(33-45(49)55-50(66)34-41-19-7-8-26-48(41)61-55)51-35-52-53(67-51)36-54(68-52)65(43-22-13-20-39(31-43)46-24-9-11-29-59-46)44-23-14-21-40(32-44)47-25-10-12-30-60-47;1-2-15-36(16-3-1)54-43-23-22-35(28-39(43)49-44(54)29-34-12-4-5-21-42(34)52-49)45-30-46-47(55-45)31-48(56-46)53(37-17-10-13-32(26-37)40-19-6-8-24-50-40)38-18-11-14-33(27-38)41-20-7-9-25-51-41;;/h1-30,33-36H;1-25,28-31H;;/q2*-2;2*+2. The van der Waals surface area contributed by atoms with Crippen LogP contribution in [0.15, 0.2) is 383 Å². The van der Waals surface area contributed by atoms with E-state index in [1.807, 2.05) is 182 Å². The monoisotopic (exact) mass is 2050 g/mol. The van der Waals surface area contributed by atoms with Crippen molar-refractivity contribution in [1.82, 2.24) is 54.0 Å². The smallest absolute Gasteiger partial charge is 0.338 e. The largest absolute Gasteiger partial charge is 2.00 e. The van der Waals surface area contributed by atoms with E-state index < -0.39 is 0 Å². The molecule has 24 rings (SSSR count). The van der Waals surface area contributed by atoms with Gasteiger partial charge in [-0.1, -0.05) is 176 Å². The van der Waals surface area contributed by atoms with Crippen molar-refractivity contribution in [2.24, 2.45) is 0 Å². The number of thiophene rings is 4. The maximum Gasteiger partial charge on any atom is 2.00 e. The zero-order valence-electron chi connectivity index (χ0n) is 66.5. The molecule has 0 aliphatic carbocycles. The van der Waals surface area contributed by atoms with Crippen LogP contribution in [0.3, 0.4) is 0 Å². The third-order valence-corrected chi connectivity index (χ3v) is 26.7. The SMILES string of the molecule is [Pt+2].[Pt+2].[c-]1c(-c2ccccn2)cccc1N(c1[c-]c(-c2ccccn2)ccc1)c1cc2sc(-c3ccc4c(c3)c3nc5ccccc5cc3n4-c3ccccc3)cc2s1.[c-]1c(-c2ccccn2)cccc1N(c1[c-]c(-c2ccccn2)ccc1)c1cc2sc(-c3ccc4c(c3)c3nc5ccccc5cc3n4-c3nc(-c4ccccc4)nc(-c4ccccc4)n3)cc2s1. The Balaban J connectivity index is 0.000000154. The van der Waals surface area contributed by atoms with Crippen molar-refractivity contribution in [2.45, 2.75) is 0 Å². The molecule has 0 radical (unpaired) electrons. The second-order valence-corrected chi connectivity index (χ2v) is 34.1. The van der Waals surface area contributed by atoms with Crippen LogP contribution in [-0.4, -0.2) is 54.0 Å². The Morgan fingerprint density at radius 2 is 0.619 bits per heavy atom. The van der Waals surface area contributed by atoms with E-state index in [0.29, 0.717) is 17.6 Å². The van der Waals surface area contributed by atoms with Gasteiger partial charge in [-0.25, -0.2) is 15.0 Å². The molecule has 11 aromatic carbocycles. The summed E-state index contributed by atoms with van der Waals surface area (Å²) < 4.78 is 9.30. The predicted octanol–water partition coefficient (Wildman–Crippen LogP) is 28.5. The Hall–Kier alpha value is -14.3. The maximum atomic E-state index is 5.31. The number of nitrogens with zero attached hydrogens (tertiary/aromatic N) is 13. The van der Waals surface area contributed by atoms with Crippen molar-refractivity contribution >= 4 is 163 Å². The van der Waals surface area contributed by atoms with Crippen molar-refractivity contribution in [3.05, 3.63) is 407 Å². The van der Waals surface area contributed by atoms with Crippen molar-refractivity contribution < 1.29 is 42.1 Å². The fraction of sp³-hybridized carbons (Fsp3) is 0. The number of benzene rings is 11. The Labute approximate surface area is 768 Å². The average molecular weight is 2050 g/mol. The number of pyridine rings is 6. The van der Waals surface area contributed by atoms with E-state index in [1.165, 1.54) is 34.1 Å². The molecule has 0 unspecified atom stereocenters. The number of fused-ring (bicyclic) bond motifs is 10. The van der Waals surface area contributed by atoms with Gasteiger partial charge >= 0.3 is 42.1 Å². The van der Waals surface area contributed by atoms with Gasteiger partial charge in [0.25, 0.3) is 0 Å². The molecule has 13 nitrogen and oxygen atoms in total. The minimum atomic E-state index is 0. The van der Waals surface area contributed by atoms with Crippen LogP contribution in [0.5, 0.6) is 0 Å². The Kier molecular flexibility index (Phi) is 21.4. The van der Waals surface area contributed by atoms with E-state index in [2.05, 4.69) is 275 Å². The van der Waals surface area contributed by atoms with Crippen LogP contribution in [0.4, 0.5) is 32.8 Å². The van der Waals surface area contributed by atoms with E-state index in [0.717, 1.165) is 166 Å². The number of hydrogen-bond donors (Lipinski definition) is 0. The topological polar surface area (TPSA) is 132 Å². The predicted molar refractivity (Wildman–Crippen MR) is 511 cm³/mol. The van der Waals surface area contributed by atoms with E-state index >= 15 is 0 Å². The first-order valence-electron chi connectivity index (χ1n) is 40.4. The summed E-state index contributed by atoms with van der Waals surface area (Å²) in [5.41, 5.74) is 24.0. The van der Waals surface area contributed by atoms with Crippen molar-refractivity contribution in [2.75, 3.05) is 9.80 Å². The van der Waals surface area contributed by atoms with Crippen LogP contribution >= 0.6 is 45.3 Å². The zero-order valence-corrected chi connectivity index (χ0v) is 74.3. The Morgan fingerprint density at radius 3 is 1.01 bits per heavy atom. The molecule has 13 aromatic heterocycles. The van der Waals surface area contributed by atoms with Crippen LogP contribution in [0, 0.1) is 24.3 Å². The third kappa shape index (κ3) is 15.0. The molecule has 0 saturated heterocycles. The van der Waals surface area contributed by atoms with E-state index in [1.54, 1.807) is 34.0 Å². The summed E-state index contributed by atoms with van der Waals surface area (Å²) in [5, 5.41) is 6.46. The summed E-state index contributed by atoms with van der Waals surface area (Å²) in [6, 6.07) is 138. The summed E-state index contributed by atoms with van der Waals surface area (Å²) in [6.45, 7) is 0. The van der Waals surface area contributed by atoms with Gasteiger partial charge in [-0.05, 0) is 166 Å². The van der Waals surface area contributed by atoms with Gasteiger partial charge in [0.05, 0.1) is 54.1 Å². The van der Waals surface area contributed by atoms with Gasteiger partial charge in [0.1, 0.15) is 0 Å². The molecule has 24 aromatic rings. The van der Waals surface area contributed by atoms with Gasteiger partial charge < -0.3 is 34.3 Å². The van der Waals surface area contributed by atoms with Crippen molar-refractivity contribution in [3.8, 4) is 100 Å². The van der Waals surface area contributed by atoms with Crippen LogP contribution in [-0.2, 0) is 42.1 Å². The van der Waals surface area contributed by atoms with Crippen molar-refractivity contribution in [3.63, 3.8) is 0 Å². The quantitative estimate of drug-likeness (QED) is 0.0856. The van der Waals surface area contributed by atoms with Crippen molar-refractivity contribution in [1.29, 1.82) is 0 Å². The molecule has 126 heavy (non-hydrogen) atoms. The zero-order chi connectivity index (χ0) is 82.0. The van der Waals surface area contributed by atoms with Gasteiger partial charge in [0.2, 0.25) is 5.95 Å². The summed E-state index contributed by atoms with van der Waals surface area (Å²) in [4.78, 5) is 51.2. The average Bonchev–Trinajstić information content (AvgIpc) is 1.58. The number of hydrogen-bond acceptors (Lipinski definition) is 15. The summed E-state index contributed by atoms with van der Waals surface area (Å²) in [6.07, 6.45) is 7.27. The molecule has 0 spiro atoms. The molecule has 0 fully saturated rings. The Bertz CT molecular complexity index is 7870. The van der Waals surface area contributed by atoms with Crippen LogP contribution in [0.25, 0.3) is 185 Å². The minimum absolute atomic E-state index is 0. The minimum Gasteiger partial charge on any atom is -0.338 e. The second kappa shape index (κ2) is 34.1. The first-order chi connectivity index (χ1) is 61.4. The van der Waals surface area contributed by atoms with E-state index in [-0.39, 0.29) is 42.1 Å². The van der Waals surface area contributed by atoms with Gasteiger partial charge in [-0.3, -0.25) is 4.57 Å². The number of rotatable bonds is 16. The van der Waals surface area contributed by atoms with Gasteiger partial charge in [-0.2, -0.15) is 9.97 Å². The number of anilines is 6. The van der Waals surface area contributed by atoms with Gasteiger partial charge in [0.15, 0.2) is 11.6 Å². The molecule has 0 N–H and O–H groups in total. The molecular weight excluding hydrogens is 1990 g/mol. The normalized spacial score (nSPS) is 11.4. The first-order valence-corrected chi connectivity index (χ1v) is 43.7. The first kappa shape index (κ1) is 79.0. The van der Waals surface area contributed by atoms with Crippen LogP contribution in [0.2, 0.25) is 0 Å². The number of aromatic nitrogens is 11. The molecule has 0 saturated carbocycles. The molecule has 13 heterocycles. The Morgan fingerprint density at radius 1 is 0.262 bits per heavy atom. The molecule has 0 atom stereocenters. The molecule has 19 heteroatoms. The van der Waals surface area contributed by atoms with Gasteiger partial charge in [0, 0.05) is 91.7 Å². The molecule has 0 bridgehead atoms. The molecule has 0 amide bonds. The fourth-order valence-corrected chi connectivity index (χ4v) is 21.1. The van der Waals surface area contributed by atoms with E-state index in [9.17, 15) is 0 Å². The number of para-hydroxylation sites is 3. The molecule has 0 aliphatic heterocycles. The summed E-state index contributed by atoms with van der Waals surface area (Å²) >= 11 is 7.12. The molecular formula is C107H63N13Pt2S4. The third-order valence-electron chi connectivity index (χ3n) is 22.0. The van der Waals surface area contributed by atoms with Gasteiger partial charge in [-0.15, -0.1) is 165 Å². The van der Waals surface area contributed by atoms with Crippen LogP contribution in [0.1, 0.15) is 0 Å². The maximum absolute atomic E-state index is 5.31. The van der Waals surface area contributed by atoms with E-state index in [4.69, 9.17) is 24.9 Å². The summed E-state index contributed by atoms with van der Waals surface area (Å²) in [5.74, 6) is 1.73. The molecule has 600 valence electrons. The second-order valence-electron chi connectivity index (χ2n) is 29.8. The van der Waals surface area contributed by atoms with Crippen LogP contribution < -0.4 is 9.80 Å². The fourth-order valence-electron chi connectivity index (χ4n) is 16.2.